The molecular formula is C12H18ClN3. The molecule has 88 valence electrons. The van der Waals surface area contributed by atoms with E-state index in [0.717, 1.165) is 12.4 Å². The Hall–Kier alpha value is -0.960. The minimum atomic E-state index is 0.465. The van der Waals surface area contributed by atoms with Crippen molar-refractivity contribution in [2.45, 2.75) is 32.6 Å². The summed E-state index contributed by atoms with van der Waals surface area (Å²) in [5, 5.41) is 3.94. The van der Waals surface area contributed by atoms with E-state index >= 15 is 0 Å². The second-order valence-corrected chi connectivity index (χ2v) is 5.07. The lowest BCUT2D eigenvalue weighted by molar-refractivity contribution is 0.145. The van der Waals surface area contributed by atoms with E-state index in [1.54, 1.807) is 12.3 Å². The van der Waals surface area contributed by atoms with Crippen LogP contribution in [0, 0.1) is 5.41 Å². The molecule has 16 heavy (non-hydrogen) atoms. The van der Waals surface area contributed by atoms with Gasteiger partial charge in [-0.3, -0.25) is 0 Å². The lowest BCUT2D eigenvalue weighted by Crippen LogP contribution is -2.36. The number of pyridine rings is 1. The molecule has 0 amide bonds. The summed E-state index contributed by atoms with van der Waals surface area (Å²) >= 11 is 6.06. The number of aromatic nitrogens is 1. The molecule has 0 saturated heterocycles. The predicted octanol–water partition coefficient (Wildman–Crippen LogP) is 3.31. The smallest absolute Gasteiger partial charge is 0.144 e. The highest BCUT2D eigenvalue weighted by Crippen LogP contribution is 2.43. The van der Waals surface area contributed by atoms with Crippen molar-refractivity contribution in [1.82, 2.24) is 4.98 Å². The van der Waals surface area contributed by atoms with Crippen LogP contribution < -0.4 is 11.1 Å². The van der Waals surface area contributed by atoms with Gasteiger partial charge in [0, 0.05) is 6.54 Å². The zero-order chi connectivity index (χ0) is 11.6. The van der Waals surface area contributed by atoms with E-state index in [1.807, 2.05) is 0 Å². The minimum absolute atomic E-state index is 0.465. The Labute approximate surface area is 101 Å². The molecular weight excluding hydrogens is 222 g/mol. The monoisotopic (exact) mass is 239 g/mol. The molecule has 1 aliphatic carbocycles. The molecule has 0 unspecified atom stereocenters. The van der Waals surface area contributed by atoms with Crippen LogP contribution in [0.4, 0.5) is 11.5 Å². The van der Waals surface area contributed by atoms with E-state index in [2.05, 4.69) is 17.2 Å². The van der Waals surface area contributed by atoms with Crippen molar-refractivity contribution in [2.24, 2.45) is 5.41 Å². The number of nitrogens with one attached hydrogen (secondary N) is 1. The second kappa shape index (κ2) is 4.50. The third-order valence-corrected chi connectivity index (χ3v) is 3.95. The number of anilines is 2. The molecule has 0 aromatic carbocycles. The SMILES string of the molecule is CCC1(CNc2ncc(N)cc2Cl)CCC1. The van der Waals surface area contributed by atoms with Crippen LogP contribution in [0.25, 0.3) is 0 Å². The summed E-state index contributed by atoms with van der Waals surface area (Å²) in [4.78, 5) is 4.21. The van der Waals surface area contributed by atoms with Crippen LogP contribution >= 0.6 is 11.6 Å². The molecule has 1 fully saturated rings. The van der Waals surface area contributed by atoms with Crippen LogP contribution in [0.3, 0.4) is 0 Å². The number of halogens is 1. The molecule has 3 N–H and O–H groups in total. The molecule has 3 nitrogen and oxygen atoms in total. The Bertz CT molecular complexity index is 369. The molecule has 0 atom stereocenters. The number of nitrogens with zero attached hydrogens (tertiary/aromatic N) is 1. The van der Waals surface area contributed by atoms with Crippen LogP contribution in [0.2, 0.25) is 5.02 Å². The van der Waals surface area contributed by atoms with E-state index in [9.17, 15) is 0 Å². The fourth-order valence-electron chi connectivity index (χ4n) is 2.19. The first-order valence-electron chi connectivity index (χ1n) is 5.80. The van der Waals surface area contributed by atoms with Crippen molar-refractivity contribution in [3.05, 3.63) is 17.3 Å². The van der Waals surface area contributed by atoms with E-state index in [1.165, 1.54) is 25.7 Å². The number of hydrogen-bond donors (Lipinski definition) is 2. The van der Waals surface area contributed by atoms with Gasteiger partial charge >= 0.3 is 0 Å². The van der Waals surface area contributed by atoms with Crippen LogP contribution in [0.15, 0.2) is 12.3 Å². The topological polar surface area (TPSA) is 50.9 Å². The quantitative estimate of drug-likeness (QED) is 0.848. The summed E-state index contributed by atoms with van der Waals surface area (Å²) in [6, 6.07) is 1.73. The lowest BCUT2D eigenvalue weighted by atomic mass is 9.67. The molecule has 1 aliphatic rings. The van der Waals surface area contributed by atoms with Gasteiger partial charge < -0.3 is 11.1 Å². The second-order valence-electron chi connectivity index (χ2n) is 4.66. The van der Waals surface area contributed by atoms with E-state index < -0.39 is 0 Å². The summed E-state index contributed by atoms with van der Waals surface area (Å²) in [5.41, 5.74) is 6.66. The third kappa shape index (κ3) is 2.24. The van der Waals surface area contributed by atoms with Crippen molar-refractivity contribution in [2.75, 3.05) is 17.6 Å². The van der Waals surface area contributed by atoms with Gasteiger partial charge in [-0.15, -0.1) is 0 Å². The highest BCUT2D eigenvalue weighted by molar-refractivity contribution is 6.33. The van der Waals surface area contributed by atoms with E-state index in [-0.39, 0.29) is 0 Å². The Morgan fingerprint density at radius 2 is 2.31 bits per heavy atom. The normalized spacial score (nSPS) is 17.9. The van der Waals surface area contributed by atoms with Gasteiger partial charge in [0.2, 0.25) is 0 Å². The van der Waals surface area contributed by atoms with Gasteiger partial charge in [-0.1, -0.05) is 24.9 Å². The molecule has 0 bridgehead atoms. The first-order chi connectivity index (χ1) is 7.65. The fourth-order valence-corrected chi connectivity index (χ4v) is 2.43. The molecule has 4 heteroatoms. The average molecular weight is 240 g/mol. The number of rotatable bonds is 4. The average Bonchev–Trinajstić information content (AvgIpc) is 2.19. The van der Waals surface area contributed by atoms with Gasteiger partial charge in [0.15, 0.2) is 0 Å². The molecule has 1 aromatic heterocycles. The van der Waals surface area contributed by atoms with E-state index in [4.69, 9.17) is 17.3 Å². The Morgan fingerprint density at radius 3 is 2.81 bits per heavy atom. The van der Waals surface area contributed by atoms with E-state index in [0.29, 0.717) is 16.1 Å². The van der Waals surface area contributed by atoms with Crippen LogP contribution in [0.5, 0.6) is 0 Å². The largest absolute Gasteiger partial charge is 0.397 e. The zero-order valence-electron chi connectivity index (χ0n) is 9.59. The lowest BCUT2D eigenvalue weighted by Gasteiger charge is -2.41. The van der Waals surface area contributed by atoms with Gasteiger partial charge in [0.1, 0.15) is 5.82 Å². The molecule has 1 heterocycles. The van der Waals surface area contributed by atoms with Crippen LogP contribution in [-0.2, 0) is 0 Å². The number of nitrogens with two attached hydrogens (primary N) is 1. The third-order valence-electron chi connectivity index (χ3n) is 3.66. The Balaban J connectivity index is 1.99. The highest BCUT2D eigenvalue weighted by atomic mass is 35.5. The van der Waals surface area contributed by atoms with Crippen molar-refractivity contribution in [3.63, 3.8) is 0 Å². The molecule has 0 radical (unpaired) electrons. The number of nitrogen functional groups attached to an aromatic ring is 1. The molecule has 1 aromatic rings. The highest BCUT2D eigenvalue weighted by Gasteiger charge is 2.34. The first-order valence-corrected chi connectivity index (χ1v) is 6.18. The first kappa shape index (κ1) is 11.5. The maximum Gasteiger partial charge on any atom is 0.144 e. The van der Waals surface area contributed by atoms with Gasteiger partial charge in [0.25, 0.3) is 0 Å². The van der Waals surface area contributed by atoms with Gasteiger partial charge in [-0.25, -0.2) is 4.98 Å². The predicted molar refractivity (Wildman–Crippen MR) is 68.7 cm³/mol. The van der Waals surface area contributed by atoms with Gasteiger partial charge in [-0.05, 0) is 30.7 Å². The van der Waals surface area contributed by atoms with Crippen LogP contribution in [-0.4, -0.2) is 11.5 Å². The van der Waals surface area contributed by atoms with Crippen molar-refractivity contribution in [1.29, 1.82) is 0 Å². The maximum atomic E-state index is 6.06. The summed E-state index contributed by atoms with van der Waals surface area (Å²) < 4.78 is 0. The molecule has 0 spiro atoms. The molecule has 0 aliphatic heterocycles. The van der Waals surface area contributed by atoms with Crippen molar-refractivity contribution < 1.29 is 0 Å². The Kier molecular flexibility index (Phi) is 3.24. The van der Waals surface area contributed by atoms with Crippen molar-refractivity contribution in [3.8, 4) is 0 Å². The van der Waals surface area contributed by atoms with Crippen molar-refractivity contribution >= 4 is 23.1 Å². The van der Waals surface area contributed by atoms with Gasteiger partial charge in [0.05, 0.1) is 16.9 Å². The van der Waals surface area contributed by atoms with Crippen LogP contribution in [0.1, 0.15) is 32.6 Å². The zero-order valence-corrected chi connectivity index (χ0v) is 10.3. The minimum Gasteiger partial charge on any atom is -0.397 e. The number of hydrogen-bond acceptors (Lipinski definition) is 3. The maximum absolute atomic E-state index is 6.06. The Morgan fingerprint density at radius 1 is 1.56 bits per heavy atom. The summed E-state index contributed by atoms with van der Waals surface area (Å²) in [5.74, 6) is 0.746. The fraction of sp³-hybridized carbons (Fsp3) is 0.583. The molecule has 1 saturated carbocycles. The summed E-state index contributed by atoms with van der Waals surface area (Å²) in [6.45, 7) is 3.21. The molecule has 2 rings (SSSR count). The summed E-state index contributed by atoms with van der Waals surface area (Å²) in [7, 11) is 0. The summed E-state index contributed by atoms with van der Waals surface area (Å²) in [6.07, 6.45) is 6.81. The van der Waals surface area contributed by atoms with Gasteiger partial charge in [-0.2, -0.15) is 0 Å². The standard InChI is InChI=1S/C12H18ClN3/c1-2-12(4-3-5-12)8-16-11-10(13)6-9(14)7-15-11/h6-7H,2-5,8,14H2,1H3,(H,15,16).